The molecule has 0 aliphatic heterocycles. The summed E-state index contributed by atoms with van der Waals surface area (Å²) in [6, 6.07) is 79.3. The Hall–Kier alpha value is -9.62. The van der Waals surface area contributed by atoms with Gasteiger partial charge in [0.2, 0.25) is 0 Å². The lowest BCUT2D eigenvalue weighted by Gasteiger charge is -2.38. The van der Waals surface area contributed by atoms with Crippen molar-refractivity contribution in [3.05, 3.63) is 264 Å². The van der Waals surface area contributed by atoms with Crippen LogP contribution in [0, 0.1) is 34.3 Å². The van der Waals surface area contributed by atoms with Crippen LogP contribution in [0.5, 0.6) is 0 Å². The number of rotatable bonds is 10. The SMILES string of the molecule is N#Cc1cc(-c2ccccc2)cc(-c2ccccc2)c1N(c1ccc(F)cc1)c1ccc2ccc3c4c(ccc1c24)=CCC3N(c1ccc(F)cc1)c1c(C#N)cc(-c2ccccc2)cc1-c1ccccc1. The molecule has 11 aromatic carbocycles. The van der Waals surface area contributed by atoms with E-state index in [1.165, 1.54) is 24.3 Å². The van der Waals surface area contributed by atoms with Crippen LogP contribution in [0.4, 0.5) is 37.2 Å². The van der Waals surface area contributed by atoms with Crippen molar-refractivity contribution in [1.82, 2.24) is 0 Å². The molecule has 340 valence electrons. The molecule has 0 fully saturated rings. The second-order valence-corrected chi connectivity index (χ2v) is 18.1. The zero-order chi connectivity index (χ0) is 48.7. The molecular weight excluding hydrogens is 887 g/mol. The van der Waals surface area contributed by atoms with Crippen molar-refractivity contribution in [2.24, 2.45) is 0 Å². The van der Waals surface area contributed by atoms with Gasteiger partial charge in [0.15, 0.2) is 0 Å². The first-order valence-electron chi connectivity index (χ1n) is 23.9. The average Bonchev–Trinajstić information content (AvgIpc) is 3.45. The zero-order valence-corrected chi connectivity index (χ0v) is 38.8. The third-order valence-corrected chi connectivity index (χ3v) is 13.9. The van der Waals surface area contributed by atoms with Gasteiger partial charge in [-0.05, 0) is 146 Å². The molecule has 0 saturated carbocycles. The van der Waals surface area contributed by atoms with Crippen molar-refractivity contribution in [3.8, 4) is 56.6 Å². The van der Waals surface area contributed by atoms with Gasteiger partial charge >= 0.3 is 0 Å². The summed E-state index contributed by atoms with van der Waals surface area (Å²) in [5.41, 5.74) is 13.0. The molecule has 4 nitrogen and oxygen atoms in total. The molecule has 12 rings (SSSR count). The molecule has 0 saturated heterocycles. The lowest BCUT2D eigenvalue weighted by Crippen LogP contribution is -2.29. The second kappa shape index (κ2) is 18.4. The number of halogens is 2. The van der Waals surface area contributed by atoms with Crippen LogP contribution in [0.25, 0.3) is 72.1 Å². The molecule has 0 bridgehead atoms. The monoisotopic (exact) mass is 928 g/mol. The van der Waals surface area contributed by atoms with E-state index in [2.05, 4.69) is 113 Å². The highest BCUT2D eigenvalue weighted by Gasteiger charge is 2.32. The van der Waals surface area contributed by atoms with E-state index in [4.69, 9.17) is 0 Å². The molecule has 1 aliphatic rings. The van der Waals surface area contributed by atoms with Crippen LogP contribution in [-0.4, -0.2) is 0 Å². The topological polar surface area (TPSA) is 54.1 Å². The highest BCUT2D eigenvalue weighted by Crippen LogP contribution is 2.51. The van der Waals surface area contributed by atoms with Gasteiger partial charge in [-0.15, -0.1) is 0 Å². The van der Waals surface area contributed by atoms with Gasteiger partial charge in [0.1, 0.15) is 23.8 Å². The lowest BCUT2D eigenvalue weighted by molar-refractivity contribution is 0.627. The summed E-state index contributed by atoms with van der Waals surface area (Å²) < 4.78 is 29.9. The van der Waals surface area contributed by atoms with E-state index < -0.39 is 0 Å². The first-order valence-corrected chi connectivity index (χ1v) is 23.9. The molecule has 6 heteroatoms. The van der Waals surface area contributed by atoms with E-state index in [0.29, 0.717) is 28.9 Å². The molecular formula is C66H42F2N4. The van der Waals surface area contributed by atoms with Gasteiger partial charge in [0.05, 0.1) is 34.2 Å². The van der Waals surface area contributed by atoms with Crippen LogP contribution in [0.15, 0.2) is 231 Å². The molecule has 1 unspecified atom stereocenters. The molecule has 1 atom stereocenters. The first kappa shape index (κ1) is 43.6. The smallest absolute Gasteiger partial charge is 0.123 e. The highest BCUT2D eigenvalue weighted by molar-refractivity contribution is 6.18. The summed E-state index contributed by atoms with van der Waals surface area (Å²) in [4.78, 5) is 4.33. The van der Waals surface area contributed by atoms with Crippen LogP contribution in [0.1, 0.15) is 29.2 Å². The van der Waals surface area contributed by atoms with Crippen molar-refractivity contribution >= 4 is 56.1 Å². The number of hydrogen-bond donors (Lipinski definition) is 0. The number of anilines is 5. The number of hydrogen-bond acceptors (Lipinski definition) is 4. The van der Waals surface area contributed by atoms with Gasteiger partial charge in [-0.25, -0.2) is 8.78 Å². The summed E-state index contributed by atoms with van der Waals surface area (Å²) >= 11 is 0. The van der Waals surface area contributed by atoms with Gasteiger partial charge in [-0.1, -0.05) is 158 Å². The Morgan fingerprint density at radius 1 is 0.431 bits per heavy atom. The summed E-state index contributed by atoms with van der Waals surface area (Å²) in [6.07, 6.45) is 2.86. The number of nitriles is 2. The zero-order valence-electron chi connectivity index (χ0n) is 38.8. The van der Waals surface area contributed by atoms with E-state index in [-0.39, 0.29) is 17.7 Å². The van der Waals surface area contributed by atoms with Gasteiger partial charge in [-0.2, -0.15) is 10.5 Å². The minimum absolute atomic E-state index is 0.340. The standard InChI is InChI=1S/C66H42F2N4/c67-53-25-29-55(30-26-53)71(65-51(41-69)37-49(43-13-5-1-6-14-43)39-59(65)45-17-9-3-10-18-45)61-35-23-47-22-34-58-62(36-24-48-21-33-57(61)63(47)64(48)58)72(56-31-27-54(68)28-32-56)66-52(42-70)38-50(44-15-7-2-8-16-44)40-60(66)46-19-11-4-12-20-46/h1-35,37-40,62H,36H2. The Bertz CT molecular complexity index is 3980. The van der Waals surface area contributed by atoms with E-state index in [1.807, 2.05) is 97.1 Å². The molecule has 0 heterocycles. The fraction of sp³-hybridized carbons (Fsp3) is 0.0303. The number of benzene rings is 11. The Balaban J connectivity index is 1.11. The van der Waals surface area contributed by atoms with Crippen molar-refractivity contribution in [3.63, 3.8) is 0 Å². The summed E-state index contributed by atoms with van der Waals surface area (Å²) in [5.74, 6) is -0.724. The van der Waals surface area contributed by atoms with Crippen LogP contribution in [-0.2, 0) is 0 Å². The largest absolute Gasteiger partial charge is 0.332 e. The van der Waals surface area contributed by atoms with Crippen molar-refractivity contribution in [2.75, 3.05) is 9.80 Å². The predicted molar refractivity (Wildman–Crippen MR) is 289 cm³/mol. The summed E-state index contributed by atoms with van der Waals surface area (Å²) in [6.45, 7) is 0. The van der Waals surface area contributed by atoms with E-state index >= 15 is 0 Å². The van der Waals surface area contributed by atoms with Crippen LogP contribution >= 0.6 is 0 Å². The predicted octanol–water partition coefficient (Wildman–Crippen LogP) is 16.9. The van der Waals surface area contributed by atoms with Crippen LogP contribution in [0.2, 0.25) is 0 Å². The van der Waals surface area contributed by atoms with Crippen LogP contribution in [0.3, 0.4) is 0 Å². The maximum Gasteiger partial charge on any atom is 0.123 e. The molecule has 72 heavy (non-hydrogen) atoms. The molecule has 0 N–H and O–H groups in total. The highest BCUT2D eigenvalue weighted by atomic mass is 19.1. The molecule has 0 aromatic heterocycles. The van der Waals surface area contributed by atoms with Gasteiger partial charge in [-0.3, -0.25) is 0 Å². The van der Waals surface area contributed by atoms with E-state index in [1.54, 1.807) is 24.3 Å². The Morgan fingerprint density at radius 3 is 1.46 bits per heavy atom. The average molecular weight is 929 g/mol. The van der Waals surface area contributed by atoms with E-state index in [9.17, 15) is 19.3 Å². The minimum atomic E-state index is -0.369. The molecule has 0 radical (unpaired) electrons. The fourth-order valence-electron chi connectivity index (χ4n) is 10.7. The third-order valence-electron chi connectivity index (χ3n) is 13.9. The second-order valence-electron chi connectivity index (χ2n) is 18.1. The molecule has 1 aliphatic carbocycles. The maximum atomic E-state index is 14.9. The maximum absolute atomic E-state index is 14.9. The minimum Gasteiger partial charge on any atom is -0.332 e. The van der Waals surface area contributed by atoms with Crippen molar-refractivity contribution in [1.29, 1.82) is 10.5 Å². The quantitative estimate of drug-likeness (QED) is 0.137. The van der Waals surface area contributed by atoms with Gasteiger partial charge in [0.25, 0.3) is 0 Å². The van der Waals surface area contributed by atoms with Gasteiger partial charge in [0, 0.05) is 27.9 Å². The summed E-state index contributed by atoms with van der Waals surface area (Å²) in [7, 11) is 0. The van der Waals surface area contributed by atoms with E-state index in [0.717, 1.165) is 93.9 Å². The summed E-state index contributed by atoms with van der Waals surface area (Å²) in [5, 5.41) is 27.5. The lowest BCUT2D eigenvalue weighted by atomic mass is 9.84. The Labute approximate surface area is 416 Å². The Morgan fingerprint density at radius 2 is 0.917 bits per heavy atom. The van der Waals surface area contributed by atoms with Crippen molar-refractivity contribution in [2.45, 2.75) is 12.5 Å². The first-order chi connectivity index (χ1) is 35.4. The molecule has 11 aromatic rings. The fourth-order valence-corrected chi connectivity index (χ4v) is 10.7. The molecule has 0 amide bonds. The number of nitrogens with zero attached hydrogens (tertiary/aromatic N) is 4. The van der Waals surface area contributed by atoms with Crippen molar-refractivity contribution < 1.29 is 8.78 Å². The van der Waals surface area contributed by atoms with Gasteiger partial charge < -0.3 is 9.80 Å². The van der Waals surface area contributed by atoms with Crippen LogP contribution < -0.4 is 15.0 Å². The Kier molecular flexibility index (Phi) is 11.1. The normalized spacial score (nSPS) is 12.8. The molecule has 0 spiro atoms. The third kappa shape index (κ3) is 7.69.